The van der Waals surface area contributed by atoms with Gasteiger partial charge in [-0.25, -0.2) is 9.18 Å². The molecule has 2 heterocycles. The molecule has 246 valence electrons. The number of ether oxygens (including phenoxy) is 1. The van der Waals surface area contributed by atoms with Crippen LogP contribution in [0.2, 0.25) is 0 Å². The number of rotatable bonds is 5. The fourth-order valence-electron chi connectivity index (χ4n) is 7.17. The van der Waals surface area contributed by atoms with E-state index in [1.54, 1.807) is 17.9 Å². The molecule has 0 radical (unpaired) electrons. The lowest BCUT2D eigenvalue weighted by atomic mass is 9.86. The topological polar surface area (TPSA) is 53.1 Å². The fraction of sp³-hybridized carbons (Fsp3) is 0.562. The molecule has 45 heavy (non-hydrogen) atoms. The number of nitrogens with zero attached hydrogens (tertiary/aromatic N) is 3. The van der Waals surface area contributed by atoms with Gasteiger partial charge in [0.05, 0.1) is 35.7 Å². The lowest BCUT2D eigenvalue weighted by molar-refractivity contribution is -0.150. The van der Waals surface area contributed by atoms with Gasteiger partial charge >= 0.3 is 24.4 Å². The summed E-state index contributed by atoms with van der Waals surface area (Å²) >= 11 is 0. The van der Waals surface area contributed by atoms with Gasteiger partial charge in [0.25, 0.3) is 0 Å². The predicted octanol–water partition coefficient (Wildman–Crippen LogP) is 7.38. The highest BCUT2D eigenvalue weighted by molar-refractivity contribution is 5.81. The summed E-state index contributed by atoms with van der Waals surface area (Å²) in [6.45, 7) is 4.64. The van der Waals surface area contributed by atoms with Crippen LogP contribution in [0.3, 0.4) is 0 Å². The van der Waals surface area contributed by atoms with Crippen molar-refractivity contribution >= 4 is 12.0 Å². The number of amides is 2. The van der Waals surface area contributed by atoms with Gasteiger partial charge in [-0.3, -0.25) is 9.69 Å². The number of fused-ring (bicyclic) bond motifs is 1. The van der Waals surface area contributed by atoms with E-state index in [4.69, 9.17) is 4.74 Å². The van der Waals surface area contributed by atoms with Crippen LogP contribution in [0.1, 0.15) is 72.5 Å². The zero-order valence-corrected chi connectivity index (χ0v) is 25.4. The summed E-state index contributed by atoms with van der Waals surface area (Å²) in [6, 6.07) is 3.30. The molecule has 2 amide bonds. The minimum atomic E-state index is -5.02. The van der Waals surface area contributed by atoms with E-state index >= 15 is 0 Å². The SMILES string of the molecule is COC(=O)C12CC1CCN([C@H]1CCN(C(=O)N(C)[C@H](C)c3cc(C(F)(F)F)cc(C(F)(F)F)c3)[C@@H](c3ccc(F)cc3C)C1)C2. The minimum Gasteiger partial charge on any atom is -0.469 e. The average molecular weight is 644 g/mol. The zero-order chi connectivity index (χ0) is 33.1. The first-order valence-electron chi connectivity index (χ1n) is 14.9. The van der Waals surface area contributed by atoms with Crippen molar-refractivity contribution in [1.29, 1.82) is 0 Å². The van der Waals surface area contributed by atoms with Crippen molar-refractivity contribution in [2.45, 2.75) is 70.0 Å². The Balaban J connectivity index is 1.43. The molecule has 3 fully saturated rings. The molecule has 2 saturated heterocycles. The van der Waals surface area contributed by atoms with E-state index in [1.807, 2.05) is 0 Å². The first kappa shape index (κ1) is 33.0. The molecule has 5 atom stereocenters. The Kier molecular flexibility index (Phi) is 8.65. The Labute approximate surface area is 257 Å². The van der Waals surface area contributed by atoms with Crippen LogP contribution >= 0.6 is 0 Å². The van der Waals surface area contributed by atoms with Crippen molar-refractivity contribution < 1.29 is 45.1 Å². The summed E-state index contributed by atoms with van der Waals surface area (Å²) in [4.78, 5) is 31.6. The molecule has 1 saturated carbocycles. The maximum absolute atomic E-state index is 14.1. The summed E-state index contributed by atoms with van der Waals surface area (Å²) in [5.41, 5.74) is -2.45. The third-order valence-electron chi connectivity index (χ3n) is 9.98. The highest BCUT2D eigenvalue weighted by atomic mass is 19.4. The number of methoxy groups -OCH3 is 1. The Morgan fingerprint density at radius 1 is 1.00 bits per heavy atom. The lowest BCUT2D eigenvalue weighted by Crippen LogP contribution is -2.54. The van der Waals surface area contributed by atoms with Gasteiger partial charge in [-0.15, -0.1) is 0 Å². The van der Waals surface area contributed by atoms with Gasteiger partial charge in [0.1, 0.15) is 5.82 Å². The van der Waals surface area contributed by atoms with E-state index in [0.717, 1.165) is 24.3 Å². The summed E-state index contributed by atoms with van der Waals surface area (Å²) < 4.78 is 100. The maximum Gasteiger partial charge on any atom is 0.416 e. The molecule has 2 aliphatic heterocycles. The number of esters is 1. The van der Waals surface area contributed by atoms with Gasteiger partial charge < -0.3 is 14.5 Å². The largest absolute Gasteiger partial charge is 0.469 e. The van der Waals surface area contributed by atoms with Crippen LogP contribution in [0.4, 0.5) is 35.5 Å². The summed E-state index contributed by atoms with van der Waals surface area (Å²) in [5.74, 6) is -0.399. The smallest absolute Gasteiger partial charge is 0.416 e. The summed E-state index contributed by atoms with van der Waals surface area (Å²) in [5, 5.41) is 0. The molecule has 2 unspecified atom stereocenters. The van der Waals surface area contributed by atoms with E-state index in [-0.39, 0.29) is 36.1 Å². The van der Waals surface area contributed by atoms with Crippen LogP contribution in [0.15, 0.2) is 36.4 Å². The van der Waals surface area contributed by atoms with E-state index in [9.17, 15) is 40.3 Å². The second kappa shape index (κ2) is 11.8. The predicted molar refractivity (Wildman–Crippen MR) is 150 cm³/mol. The monoisotopic (exact) mass is 643 g/mol. The first-order chi connectivity index (χ1) is 21.0. The molecule has 1 aliphatic carbocycles. The number of halogens is 7. The number of piperidine rings is 2. The molecule has 3 aliphatic rings. The van der Waals surface area contributed by atoms with Crippen LogP contribution in [0.5, 0.6) is 0 Å². The second-order valence-corrected chi connectivity index (χ2v) is 12.6. The molecule has 0 aromatic heterocycles. The van der Waals surface area contributed by atoms with Crippen LogP contribution in [-0.4, -0.2) is 66.5 Å². The van der Waals surface area contributed by atoms with Crippen molar-refractivity contribution in [3.63, 3.8) is 0 Å². The normalized spacial score (nSPS) is 26.2. The van der Waals surface area contributed by atoms with Crippen LogP contribution < -0.4 is 0 Å². The number of likely N-dealkylation sites (tertiary alicyclic amines) is 2. The maximum atomic E-state index is 14.1. The Hall–Kier alpha value is -3.35. The number of benzene rings is 2. The molecular formula is C32H36F7N3O3. The third-order valence-corrected chi connectivity index (χ3v) is 9.98. The summed E-state index contributed by atoms with van der Waals surface area (Å²) in [7, 11) is 2.73. The molecular weight excluding hydrogens is 607 g/mol. The molecule has 0 spiro atoms. The molecule has 6 nitrogen and oxygen atoms in total. The number of alkyl halides is 6. The highest BCUT2D eigenvalue weighted by Crippen LogP contribution is 2.58. The van der Waals surface area contributed by atoms with Gasteiger partial charge in [0, 0.05) is 26.2 Å². The number of urea groups is 1. The lowest BCUT2D eigenvalue weighted by Gasteiger charge is -2.47. The van der Waals surface area contributed by atoms with Crippen LogP contribution in [0, 0.1) is 24.1 Å². The molecule has 2 aromatic rings. The number of carbonyl (C=O) groups excluding carboxylic acids is 2. The minimum absolute atomic E-state index is 0.0212. The highest BCUT2D eigenvalue weighted by Gasteiger charge is 2.63. The van der Waals surface area contributed by atoms with Gasteiger partial charge in [-0.1, -0.05) is 6.07 Å². The molecule has 0 bridgehead atoms. The first-order valence-corrected chi connectivity index (χ1v) is 14.9. The average Bonchev–Trinajstić information content (AvgIpc) is 3.73. The van der Waals surface area contributed by atoms with Crippen molar-refractivity contribution in [2.75, 3.05) is 33.8 Å². The van der Waals surface area contributed by atoms with Gasteiger partial charge in [-0.2, -0.15) is 26.3 Å². The molecule has 13 heteroatoms. The Morgan fingerprint density at radius 3 is 2.22 bits per heavy atom. The number of aryl methyl sites for hydroxylation is 1. The van der Waals surface area contributed by atoms with Crippen molar-refractivity contribution in [2.24, 2.45) is 11.3 Å². The number of hydrogen-bond acceptors (Lipinski definition) is 4. The quantitative estimate of drug-likeness (QED) is 0.252. The Morgan fingerprint density at radius 2 is 1.64 bits per heavy atom. The van der Waals surface area contributed by atoms with Crippen molar-refractivity contribution in [3.05, 3.63) is 70.0 Å². The standard InChI is InChI=1S/C32H36F7N3O3/c1-18-11-24(33)5-6-26(18)27-15-25(41-9-7-21-16-30(21,17-41)28(43)45-4)8-10-42(27)29(44)40(3)19(2)20-12-22(31(34,35)36)14-23(13-20)32(37,38)39/h5-6,11-14,19,21,25,27H,7-10,15-17H2,1-4H3/t19-,21?,25+,27-,30?/m1/s1. The van der Waals surface area contributed by atoms with Crippen LogP contribution in [0.25, 0.3) is 0 Å². The van der Waals surface area contributed by atoms with Crippen molar-refractivity contribution in [3.8, 4) is 0 Å². The van der Waals surface area contributed by atoms with Crippen molar-refractivity contribution in [1.82, 2.24) is 14.7 Å². The van der Waals surface area contributed by atoms with Gasteiger partial charge in [-0.05, 0) is 99.0 Å². The fourth-order valence-corrected chi connectivity index (χ4v) is 7.17. The summed E-state index contributed by atoms with van der Waals surface area (Å²) in [6.07, 6.45) is -7.45. The molecule has 5 rings (SSSR count). The zero-order valence-electron chi connectivity index (χ0n) is 25.4. The number of hydrogen-bond donors (Lipinski definition) is 0. The van der Waals surface area contributed by atoms with E-state index < -0.39 is 52.8 Å². The van der Waals surface area contributed by atoms with E-state index in [2.05, 4.69) is 4.90 Å². The van der Waals surface area contributed by atoms with Gasteiger partial charge in [0.2, 0.25) is 0 Å². The van der Waals surface area contributed by atoms with Gasteiger partial charge in [0.15, 0.2) is 0 Å². The third kappa shape index (κ3) is 6.37. The number of carbonyl (C=O) groups is 2. The van der Waals surface area contributed by atoms with Crippen LogP contribution in [-0.2, 0) is 21.9 Å². The molecule has 0 N–H and O–H groups in total. The van der Waals surface area contributed by atoms with E-state index in [1.165, 1.54) is 33.2 Å². The second-order valence-electron chi connectivity index (χ2n) is 12.6. The van der Waals surface area contributed by atoms with E-state index in [0.29, 0.717) is 42.6 Å². The Bertz CT molecular complexity index is 1430. The molecule has 2 aromatic carbocycles.